The van der Waals surface area contributed by atoms with Crippen LogP contribution in [0.3, 0.4) is 0 Å². The summed E-state index contributed by atoms with van der Waals surface area (Å²) in [5.41, 5.74) is 2.77. The minimum Gasteiger partial charge on any atom is -0.357 e. The Morgan fingerprint density at radius 1 is 1.36 bits per heavy atom. The Balaban J connectivity index is 1.67. The molecule has 1 unspecified atom stereocenters. The van der Waals surface area contributed by atoms with Crippen LogP contribution in [-0.4, -0.2) is 54.4 Å². The molecule has 0 saturated heterocycles. The van der Waals surface area contributed by atoms with E-state index in [0.717, 1.165) is 30.1 Å². The van der Waals surface area contributed by atoms with Gasteiger partial charge in [-0.2, -0.15) is 5.10 Å². The molecule has 0 radical (unpaired) electrons. The van der Waals surface area contributed by atoms with Crippen molar-refractivity contribution in [2.45, 2.75) is 31.2 Å². The molecule has 7 heteroatoms. The van der Waals surface area contributed by atoms with Crippen molar-refractivity contribution < 1.29 is 0 Å². The monoisotopic (exact) mass is 446 g/mol. The van der Waals surface area contributed by atoms with Gasteiger partial charge < -0.3 is 15.5 Å². The number of guanidine groups is 1. The number of nitrogens with zero attached hydrogens (tertiary/aromatic N) is 4. The third kappa shape index (κ3) is 5.14. The molecule has 1 aromatic carbocycles. The zero-order valence-corrected chi connectivity index (χ0v) is 18.8. The van der Waals surface area contributed by atoms with Crippen molar-refractivity contribution in [2.75, 3.05) is 33.7 Å². The van der Waals surface area contributed by atoms with Crippen molar-refractivity contribution in [2.24, 2.45) is 12.0 Å². The third-order valence-corrected chi connectivity index (χ3v) is 5.86. The van der Waals surface area contributed by atoms with Gasteiger partial charge >= 0.3 is 0 Å². The van der Waals surface area contributed by atoms with E-state index in [-0.39, 0.29) is 11.5 Å². The molecule has 152 valence electrons. The summed E-state index contributed by atoms with van der Waals surface area (Å²) >= 11 is 3.59. The number of rotatable bonds is 8. The standard InChI is InChI=1S/C21H31BrN6/c1-5-23-20(24-13-19(27(2)3)16-12-26-28(4)14-16)25-15-21(9-10-21)17-7-6-8-18(22)11-17/h6-8,11-12,14,19H,5,9-10,13,15H2,1-4H3,(H2,23,24,25). The second kappa shape index (κ2) is 9.09. The Kier molecular flexibility index (Phi) is 6.78. The smallest absolute Gasteiger partial charge is 0.191 e. The maximum absolute atomic E-state index is 4.92. The van der Waals surface area contributed by atoms with Crippen LogP contribution in [0.2, 0.25) is 0 Å². The number of hydrogen-bond donors (Lipinski definition) is 2. The molecule has 1 heterocycles. The van der Waals surface area contributed by atoms with Crippen LogP contribution in [-0.2, 0) is 12.5 Å². The van der Waals surface area contributed by atoms with Crippen LogP contribution in [0.4, 0.5) is 0 Å². The second-order valence-electron chi connectivity index (χ2n) is 7.79. The van der Waals surface area contributed by atoms with Gasteiger partial charge in [-0.3, -0.25) is 9.67 Å². The Morgan fingerprint density at radius 3 is 2.71 bits per heavy atom. The first kappa shape index (κ1) is 20.9. The highest BCUT2D eigenvalue weighted by Gasteiger charge is 2.44. The van der Waals surface area contributed by atoms with Crippen LogP contribution >= 0.6 is 15.9 Å². The van der Waals surface area contributed by atoms with Crippen molar-refractivity contribution in [3.8, 4) is 0 Å². The van der Waals surface area contributed by atoms with E-state index in [4.69, 9.17) is 4.99 Å². The summed E-state index contributed by atoms with van der Waals surface area (Å²) in [5, 5.41) is 11.2. The molecule has 1 saturated carbocycles. The maximum atomic E-state index is 4.92. The van der Waals surface area contributed by atoms with E-state index in [1.807, 2.05) is 17.9 Å². The summed E-state index contributed by atoms with van der Waals surface area (Å²) in [6.45, 7) is 4.52. The van der Waals surface area contributed by atoms with Gasteiger partial charge in [0.05, 0.1) is 18.8 Å². The third-order valence-electron chi connectivity index (χ3n) is 5.37. The first-order valence-corrected chi connectivity index (χ1v) is 10.7. The Bertz CT molecular complexity index is 809. The molecule has 0 spiro atoms. The zero-order valence-electron chi connectivity index (χ0n) is 17.2. The molecule has 1 atom stereocenters. The van der Waals surface area contributed by atoms with Crippen molar-refractivity contribution in [1.82, 2.24) is 25.3 Å². The number of hydrogen-bond acceptors (Lipinski definition) is 3. The Labute approximate surface area is 176 Å². The zero-order chi connectivity index (χ0) is 20.1. The number of likely N-dealkylation sites (N-methyl/N-ethyl adjacent to an activating group) is 1. The Hall–Kier alpha value is -1.86. The van der Waals surface area contributed by atoms with E-state index >= 15 is 0 Å². The van der Waals surface area contributed by atoms with Gasteiger partial charge in [-0.25, -0.2) is 0 Å². The molecule has 1 aliphatic carbocycles. The number of aromatic nitrogens is 2. The normalized spacial score (nSPS) is 16.9. The van der Waals surface area contributed by atoms with Crippen LogP contribution in [0.25, 0.3) is 0 Å². The quantitative estimate of drug-likeness (QED) is 0.483. The van der Waals surface area contributed by atoms with Crippen LogP contribution in [0.1, 0.15) is 36.9 Å². The molecule has 0 aliphatic heterocycles. The van der Waals surface area contributed by atoms with Crippen molar-refractivity contribution >= 4 is 21.9 Å². The summed E-state index contributed by atoms with van der Waals surface area (Å²) in [4.78, 5) is 7.13. The molecular formula is C21H31BrN6. The average Bonchev–Trinajstić information content (AvgIpc) is 3.34. The predicted molar refractivity (Wildman–Crippen MR) is 119 cm³/mol. The minimum absolute atomic E-state index is 0.191. The van der Waals surface area contributed by atoms with E-state index in [9.17, 15) is 0 Å². The van der Waals surface area contributed by atoms with Crippen LogP contribution in [0.15, 0.2) is 46.1 Å². The van der Waals surface area contributed by atoms with Crippen LogP contribution in [0.5, 0.6) is 0 Å². The van der Waals surface area contributed by atoms with E-state index in [1.54, 1.807) is 0 Å². The second-order valence-corrected chi connectivity index (χ2v) is 8.71. The molecule has 0 bridgehead atoms. The van der Waals surface area contributed by atoms with Gasteiger partial charge in [0, 0.05) is 41.8 Å². The summed E-state index contributed by atoms with van der Waals surface area (Å²) in [7, 11) is 6.14. The highest BCUT2D eigenvalue weighted by atomic mass is 79.9. The highest BCUT2D eigenvalue weighted by molar-refractivity contribution is 9.10. The fourth-order valence-corrected chi connectivity index (χ4v) is 3.88. The molecule has 6 nitrogen and oxygen atoms in total. The topological polar surface area (TPSA) is 57.5 Å². The number of benzene rings is 1. The van der Waals surface area contributed by atoms with E-state index in [0.29, 0.717) is 0 Å². The lowest BCUT2D eigenvalue weighted by molar-refractivity contribution is 0.298. The maximum Gasteiger partial charge on any atom is 0.191 e. The first-order valence-electron chi connectivity index (χ1n) is 9.87. The van der Waals surface area contributed by atoms with E-state index in [2.05, 4.69) is 88.0 Å². The van der Waals surface area contributed by atoms with Gasteiger partial charge in [0.1, 0.15) is 0 Å². The first-order chi connectivity index (χ1) is 13.4. The molecule has 0 amide bonds. The van der Waals surface area contributed by atoms with Gasteiger partial charge in [-0.05, 0) is 51.6 Å². The van der Waals surface area contributed by atoms with Crippen LogP contribution < -0.4 is 10.6 Å². The van der Waals surface area contributed by atoms with Crippen molar-refractivity contribution in [3.63, 3.8) is 0 Å². The fraction of sp³-hybridized carbons (Fsp3) is 0.524. The van der Waals surface area contributed by atoms with E-state index < -0.39 is 0 Å². The lowest BCUT2D eigenvalue weighted by Gasteiger charge is -2.25. The molecule has 1 aromatic heterocycles. The number of nitrogens with one attached hydrogen (secondary N) is 2. The van der Waals surface area contributed by atoms with Crippen molar-refractivity contribution in [3.05, 3.63) is 52.3 Å². The van der Waals surface area contributed by atoms with Gasteiger partial charge in [0.2, 0.25) is 0 Å². The molecule has 1 aliphatic rings. The number of aliphatic imine (C=N–C) groups is 1. The number of aryl methyl sites for hydroxylation is 1. The van der Waals surface area contributed by atoms with Gasteiger partial charge in [0.25, 0.3) is 0 Å². The SMILES string of the molecule is CCNC(=NCC1(c2cccc(Br)c2)CC1)NCC(c1cnn(C)c1)N(C)C. The number of halogens is 1. The highest BCUT2D eigenvalue weighted by Crippen LogP contribution is 2.48. The lowest BCUT2D eigenvalue weighted by atomic mass is 9.96. The van der Waals surface area contributed by atoms with Gasteiger partial charge in [-0.15, -0.1) is 0 Å². The molecule has 1 fully saturated rings. The molecular weight excluding hydrogens is 416 g/mol. The summed E-state index contributed by atoms with van der Waals surface area (Å²) in [5.74, 6) is 0.875. The summed E-state index contributed by atoms with van der Waals surface area (Å²) in [6, 6.07) is 8.87. The van der Waals surface area contributed by atoms with Crippen LogP contribution in [0, 0.1) is 0 Å². The van der Waals surface area contributed by atoms with Gasteiger partial charge in [-0.1, -0.05) is 28.1 Å². The molecule has 2 N–H and O–H groups in total. The predicted octanol–water partition coefficient (Wildman–Crippen LogP) is 3.07. The lowest BCUT2D eigenvalue weighted by Crippen LogP contribution is -2.42. The largest absolute Gasteiger partial charge is 0.357 e. The van der Waals surface area contributed by atoms with Crippen molar-refractivity contribution in [1.29, 1.82) is 0 Å². The molecule has 3 rings (SSSR count). The summed E-state index contributed by atoms with van der Waals surface area (Å²) in [6.07, 6.45) is 6.40. The molecule has 28 heavy (non-hydrogen) atoms. The summed E-state index contributed by atoms with van der Waals surface area (Å²) < 4.78 is 2.98. The molecule has 2 aromatic rings. The Morgan fingerprint density at radius 2 is 2.14 bits per heavy atom. The average molecular weight is 447 g/mol. The minimum atomic E-state index is 0.191. The fourth-order valence-electron chi connectivity index (χ4n) is 3.48. The van der Waals surface area contributed by atoms with E-state index in [1.165, 1.54) is 24.0 Å². The van der Waals surface area contributed by atoms with Gasteiger partial charge in [0.15, 0.2) is 5.96 Å².